The minimum atomic E-state index is -3.77. The molecule has 0 atom stereocenters. The maximum Gasteiger partial charge on any atom is 0.261 e. The first-order chi connectivity index (χ1) is 10.4. The van der Waals surface area contributed by atoms with Crippen molar-refractivity contribution >= 4 is 49.8 Å². The lowest BCUT2D eigenvalue weighted by molar-refractivity contribution is 0.601. The zero-order valence-electron chi connectivity index (χ0n) is 11.1. The van der Waals surface area contributed by atoms with Gasteiger partial charge in [0.15, 0.2) is 0 Å². The Morgan fingerprint density at radius 2 is 1.68 bits per heavy atom. The highest BCUT2D eigenvalue weighted by atomic mass is 35.5. The lowest BCUT2D eigenvalue weighted by Gasteiger charge is -2.09. The highest BCUT2D eigenvalue weighted by Gasteiger charge is 2.16. The molecule has 0 saturated carbocycles. The Morgan fingerprint density at radius 1 is 0.955 bits per heavy atom. The molecule has 0 aliphatic heterocycles. The molecule has 0 saturated heterocycles. The van der Waals surface area contributed by atoms with Crippen LogP contribution in [0.15, 0.2) is 59.6 Å². The number of pyridine rings is 1. The number of halogens is 2. The van der Waals surface area contributed by atoms with Gasteiger partial charge >= 0.3 is 0 Å². The minimum Gasteiger partial charge on any atom is -0.280 e. The summed E-state index contributed by atoms with van der Waals surface area (Å²) in [5.74, 6) is 0. The highest BCUT2D eigenvalue weighted by molar-refractivity contribution is 7.92. The van der Waals surface area contributed by atoms with Crippen molar-refractivity contribution in [3.8, 4) is 0 Å². The van der Waals surface area contributed by atoms with Gasteiger partial charge < -0.3 is 0 Å². The summed E-state index contributed by atoms with van der Waals surface area (Å²) < 4.78 is 27.3. The van der Waals surface area contributed by atoms with Crippen molar-refractivity contribution in [2.45, 2.75) is 4.90 Å². The van der Waals surface area contributed by atoms with Gasteiger partial charge in [0.1, 0.15) is 0 Å². The Kier molecular flexibility index (Phi) is 3.95. The zero-order chi connectivity index (χ0) is 15.7. The van der Waals surface area contributed by atoms with Gasteiger partial charge in [-0.05, 0) is 42.5 Å². The van der Waals surface area contributed by atoms with Crippen LogP contribution in [-0.4, -0.2) is 13.4 Å². The second kappa shape index (κ2) is 5.76. The van der Waals surface area contributed by atoms with Crippen LogP contribution in [-0.2, 0) is 10.0 Å². The minimum absolute atomic E-state index is 0.0104. The summed E-state index contributed by atoms with van der Waals surface area (Å²) in [6.45, 7) is 0. The third-order valence-corrected chi connectivity index (χ3v) is 4.80. The molecule has 7 heteroatoms. The number of nitrogens with zero attached hydrogens (tertiary/aromatic N) is 1. The number of aromatic nitrogens is 1. The average Bonchev–Trinajstić information content (AvgIpc) is 2.46. The van der Waals surface area contributed by atoms with Crippen LogP contribution in [0.4, 0.5) is 5.69 Å². The molecular formula is C15H10Cl2N2O2S. The topological polar surface area (TPSA) is 59.1 Å². The smallest absolute Gasteiger partial charge is 0.261 e. The van der Waals surface area contributed by atoms with Gasteiger partial charge in [-0.3, -0.25) is 9.71 Å². The molecule has 4 nitrogen and oxygen atoms in total. The molecule has 1 aromatic heterocycles. The second-order valence-electron chi connectivity index (χ2n) is 4.62. The number of sulfonamides is 1. The van der Waals surface area contributed by atoms with E-state index >= 15 is 0 Å². The van der Waals surface area contributed by atoms with Crippen LogP contribution in [0.1, 0.15) is 0 Å². The van der Waals surface area contributed by atoms with E-state index in [0.29, 0.717) is 5.69 Å². The number of rotatable bonds is 3. The van der Waals surface area contributed by atoms with E-state index in [2.05, 4.69) is 9.71 Å². The molecule has 22 heavy (non-hydrogen) atoms. The van der Waals surface area contributed by atoms with Crippen molar-refractivity contribution in [1.29, 1.82) is 0 Å². The summed E-state index contributed by atoms with van der Waals surface area (Å²) in [4.78, 5) is 4.20. The van der Waals surface area contributed by atoms with E-state index in [1.165, 1.54) is 18.2 Å². The van der Waals surface area contributed by atoms with Gasteiger partial charge in [0.05, 0.1) is 10.4 Å². The summed E-state index contributed by atoms with van der Waals surface area (Å²) in [5, 5.41) is 1.36. The van der Waals surface area contributed by atoms with Crippen LogP contribution >= 0.6 is 23.2 Å². The van der Waals surface area contributed by atoms with E-state index in [1.807, 2.05) is 6.07 Å². The Morgan fingerprint density at radius 3 is 2.41 bits per heavy atom. The molecule has 1 heterocycles. The number of nitrogens with one attached hydrogen (secondary N) is 1. The first-order valence-corrected chi connectivity index (χ1v) is 8.52. The van der Waals surface area contributed by atoms with E-state index < -0.39 is 10.0 Å². The molecule has 112 valence electrons. The predicted octanol–water partition coefficient (Wildman–Crippen LogP) is 4.34. The van der Waals surface area contributed by atoms with E-state index in [9.17, 15) is 8.42 Å². The largest absolute Gasteiger partial charge is 0.280 e. The summed E-state index contributed by atoms with van der Waals surface area (Å²) in [6, 6.07) is 12.9. The Labute approximate surface area is 137 Å². The molecule has 0 spiro atoms. The molecule has 1 N–H and O–H groups in total. The Balaban J connectivity index is 1.98. The molecule has 0 unspecified atom stereocenters. The molecule has 0 aliphatic rings. The van der Waals surface area contributed by atoms with E-state index in [4.69, 9.17) is 23.2 Å². The molecular weight excluding hydrogens is 343 g/mol. The van der Waals surface area contributed by atoms with E-state index in [1.54, 1.807) is 30.5 Å². The second-order valence-corrected chi connectivity index (χ2v) is 7.18. The van der Waals surface area contributed by atoms with Crippen LogP contribution in [0.25, 0.3) is 10.9 Å². The third kappa shape index (κ3) is 3.16. The maximum atomic E-state index is 12.4. The van der Waals surface area contributed by atoms with Crippen molar-refractivity contribution in [1.82, 2.24) is 4.98 Å². The van der Waals surface area contributed by atoms with Crippen molar-refractivity contribution in [2.24, 2.45) is 0 Å². The predicted molar refractivity (Wildman–Crippen MR) is 89.0 cm³/mol. The fourth-order valence-electron chi connectivity index (χ4n) is 2.04. The molecule has 0 radical (unpaired) electrons. The van der Waals surface area contributed by atoms with Gasteiger partial charge in [-0.2, -0.15) is 0 Å². The van der Waals surface area contributed by atoms with Gasteiger partial charge in [0, 0.05) is 27.3 Å². The Hall–Kier alpha value is -1.82. The van der Waals surface area contributed by atoms with Crippen LogP contribution < -0.4 is 4.72 Å². The Bertz CT molecular complexity index is 938. The number of anilines is 1. The highest BCUT2D eigenvalue weighted by Crippen LogP contribution is 2.25. The van der Waals surface area contributed by atoms with Crippen LogP contribution in [0, 0.1) is 0 Å². The molecule has 0 bridgehead atoms. The van der Waals surface area contributed by atoms with Gasteiger partial charge in [-0.25, -0.2) is 8.42 Å². The molecule has 3 aromatic rings. The molecule has 0 amide bonds. The fourth-order valence-corrected chi connectivity index (χ4v) is 3.81. The standard InChI is InChI=1S/C15H10Cl2N2O2S/c16-11-7-12(17)9-14(8-11)22(20,21)19-13-3-4-15-10(6-13)2-1-5-18-15/h1-9,19H. The molecule has 0 fully saturated rings. The quantitative estimate of drug-likeness (QED) is 0.762. The van der Waals surface area contributed by atoms with Gasteiger partial charge in [0.2, 0.25) is 0 Å². The van der Waals surface area contributed by atoms with E-state index in [-0.39, 0.29) is 14.9 Å². The zero-order valence-corrected chi connectivity index (χ0v) is 13.5. The van der Waals surface area contributed by atoms with Crippen LogP contribution in [0.3, 0.4) is 0 Å². The van der Waals surface area contributed by atoms with Crippen LogP contribution in [0.5, 0.6) is 0 Å². The molecule has 3 rings (SSSR count). The molecule has 2 aromatic carbocycles. The van der Waals surface area contributed by atoms with Gasteiger partial charge in [-0.15, -0.1) is 0 Å². The SMILES string of the molecule is O=S(=O)(Nc1ccc2ncccc2c1)c1cc(Cl)cc(Cl)c1. The summed E-state index contributed by atoms with van der Waals surface area (Å²) in [5.41, 5.74) is 1.23. The third-order valence-electron chi connectivity index (χ3n) is 3.00. The number of hydrogen-bond donors (Lipinski definition) is 1. The first kappa shape index (κ1) is 15.1. The van der Waals surface area contributed by atoms with Gasteiger partial charge in [-0.1, -0.05) is 29.3 Å². The van der Waals surface area contributed by atoms with Crippen molar-refractivity contribution in [3.05, 3.63) is 64.8 Å². The monoisotopic (exact) mass is 352 g/mol. The van der Waals surface area contributed by atoms with Gasteiger partial charge in [0.25, 0.3) is 10.0 Å². The fraction of sp³-hybridized carbons (Fsp3) is 0. The van der Waals surface area contributed by atoms with E-state index in [0.717, 1.165) is 10.9 Å². The van der Waals surface area contributed by atoms with Crippen molar-refractivity contribution < 1.29 is 8.42 Å². The average molecular weight is 353 g/mol. The lowest BCUT2D eigenvalue weighted by Crippen LogP contribution is -2.13. The summed E-state index contributed by atoms with van der Waals surface area (Å²) >= 11 is 11.7. The maximum absolute atomic E-state index is 12.4. The van der Waals surface area contributed by atoms with Crippen molar-refractivity contribution in [2.75, 3.05) is 4.72 Å². The molecule has 0 aliphatic carbocycles. The van der Waals surface area contributed by atoms with Crippen molar-refractivity contribution in [3.63, 3.8) is 0 Å². The number of fused-ring (bicyclic) bond motifs is 1. The summed E-state index contributed by atoms with van der Waals surface area (Å²) in [6.07, 6.45) is 1.68. The number of benzene rings is 2. The van der Waals surface area contributed by atoms with Crippen LogP contribution in [0.2, 0.25) is 10.0 Å². The lowest BCUT2D eigenvalue weighted by atomic mass is 10.2. The normalized spacial score (nSPS) is 11.5. The number of hydrogen-bond acceptors (Lipinski definition) is 3. The first-order valence-electron chi connectivity index (χ1n) is 6.28. The summed E-state index contributed by atoms with van der Waals surface area (Å²) in [7, 11) is -3.77.